The SMILES string of the molecule is Cc1ccc(C)c(/C=C2\CC(=O)OCC2(C)C)c1. The molecule has 1 aliphatic heterocycles. The predicted octanol–water partition coefficient (Wildman–Crippen LogP) is 3.66. The topological polar surface area (TPSA) is 26.3 Å². The highest BCUT2D eigenvalue weighted by atomic mass is 16.5. The molecule has 1 aromatic carbocycles. The first-order chi connectivity index (χ1) is 8.38. The van der Waals surface area contributed by atoms with Gasteiger partial charge < -0.3 is 4.74 Å². The standard InChI is InChI=1S/C16H20O2/c1-11-5-6-12(2)13(7-11)8-14-9-15(17)18-10-16(14,3)4/h5-8H,9-10H2,1-4H3/b14-8+. The van der Waals surface area contributed by atoms with Gasteiger partial charge in [0.05, 0.1) is 6.42 Å². The Morgan fingerprint density at radius 1 is 1.28 bits per heavy atom. The van der Waals surface area contributed by atoms with Crippen LogP contribution in [0.25, 0.3) is 6.08 Å². The summed E-state index contributed by atoms with van der Waals surface area (Å²) in [7, 11) is 0. The Kier molecular flexibility index (Phi) is 3.29. The Bertz CT molecular complexity index is 510. The van der Waals surface area contributed by atoms with Crippen molar-refractivity contribution in [2.45, 2.75) is 34.1 Å². The molecule has 0 aromatic heterocycles. The van der Waals surface area contributed by atoms with E-state index in [1.165, 1.54) is 16.7 Å². The lowest BCUT2D eigenvalue weighted by atomic mass is 9.80. The number of rotatable bonds is 1. The van der Waals surface area contributed by atoms with Gasteiger partial charge in [0.25, 0.3) is 0 Å². The number of benzene rings is 1. The minimum absolute atomic E-state index is 0.0654. The highest BCUT2D eigenvalue weighted by Crippen LogP contribution is 2.35. The number of aryl methyl sites for hydroxylation is 2. The molecule has 0 spiro atoms. The summed E-state index contributed by atoms with van der Waals surface area (Å²) >= 11 is 0. The molecular formula is C16H20O2. The van der Waals surface area contributed by atoms with Crippen molar-refractivity contribution < 1.29 is 9.53 Å². The summed E-state index contributed by atoms with van der Waals surface area (Å²) in [6.45, 7) is 8.90. The van der Waals surface area contributed by atoms with Gasteiger partial charge in [0.15, 0.2) is 0 Å². The fourth-order valence-electron chi connectivity index (χ4n) is 2.15. The first kappa shape index (κ1) is 12.9. The van der Waals surface area contributed by atoms with Crippen molar-refractivity contribution in [1.29, 1.82) is 0 Å². The number of hydrogen-bond donors (Lipinski definition) is 0. The van der Waals surface area contributed by atoms with Gasteiger partial charge in [0, 0.05) is 5.41 Å². The number of esters is 1. The zero-order chi connectivity index (χ0) is 13.3. The fraction of sp³-hybridized carbons (Fsp3) is 0.438. The molecule has 0 radical (unpaired) electrons. The molecule has 1 aliphatic rings. The van der Waals surface area contributed by atoms with E-state index in [1.54, 1.807) is 0 Å². The molecule has 1 saturated heterocycles. The molecule has 96 valence electrons. The van der Waals surface area contributed by atoms with E-state index in [0.717, 1.165) is 5.57 Å². The van der Waals surface area contributed by atoms with Crippen LogP contribution < -0.4 is 0 Å². The second-order valence-corrected chi connectivity index (χ2v) is 5.75. The van der Waals surface area contributed by atoms with E-state index in [1.807, 2.05) is 0 Å². The molecule has 0 bridgehead atoms. The molecule has 0 atom stereocenters. The minimum atomic E-state index is -0.120. The number of cyclic esters (lactones) is 1. The van der Waals surface area contributed by atoms with Crippen molar-refractivity contribution in [3.05, 3.63) is 40.5 Å². The molecule has 18 heavy (non-hydrogen) atoms. The summed E-state index contributed by atoms with van der Waals surface area (Å²) in [5.74, 6) is -0.120. The Hall–Kier alpha value is -1.57. The molecule has 0 N–H and O–H groups in total. The minimum Gasteiger partial charge on any atom is -0.465 e. The zero-order valence-corrected chi connectivity index (χ0v) is 11.5. The van der Waals surface area contributed by atoms with E-state index >= 15 is 0 Å². The van der Waals surface area contributed by atoms with Gasteiger partial charge in [-0.1, -0.05) is 43.7 Å². The maximum absolute atomic E-state index is 11.4. The van der Waals surface area contributed by atoms with Gasteiger partial charge in [-0.05, 0) is 30.5 Å². The van der Waals surface area contributed by atoms with Gasteiger partial charge in [-0.15, -0.1) is 0 Å². The van der Waals surface area contributed by atoms with Crippen LogP contribution in [0, 0.1) is 19.3 Å². The van der Waals surface area contributed by atoms with E-state index in [2.05, 4.69) is 52.0 Å². The molecule has 2 nitrogen and oxygen atoms in total. The summed E-state index contributed by atoms with van der Waals surface area (Å²) in [5.41, 5.74) is 4.77. The third kappa shape index (κ3) is 2.63. The van der Waals surface area contributed by atoms with Crippen LogP contribution in [0.2, 0.25) is 0 Å². The molecule has 2 heteroatoms. The Morgan fingerprint density at radius 3 is 2.72 bits per heavy atom. The summed E-state index contributed by atoms with van der Waals surface area (Å²) in [4.78, 5) is 11.4. The Morgan fingerprint density at radius 2 is 2.00 bits per heavy atom. The fourth-order valence-corrected chi connectivity index (χ4v) is 2.15. The largest absolute Gasteiger partial charge is 0.465 e. The second kappa shape index (κ2) is 4.60. The molecule has 1 aromatic rings. The third-order valence-corrected chi connectivity index (χ3v) is 3.56. The number of carbonyl (C=O) groups is 1. The highest BCUT2D eigenvalue weighted by molar-refractivity contribution is 5.77. The van der Waals surface area contributed by atoms with Crippen molar-refractivity contribution in [1.82, 2.24) is 0 Å². The maximum atomic E-state index is 11.4. The first-order valence-corrected chi connectivity index (χ1v) is 6.32. The maximum Gasteiger partial charge on any atom is 0.309 e. The summed E-state index contributed by atoms with van der Waals surface area (Å²) in [6, 6.07) is 6.39. The van der Waals surface area contributed by atoms with Crippen LogP contribution in [-0.4, -0.2) is 12.6 Å². The molecule has 1 fully saturated rings. The van der Waals surface area contributed by atoms with Crippen LogP contribution in [0.1, 0.15) is 37.0 Å². The molecule has 0 amide bonds. The number of carbonyl (C=O) groups excluding carboxylic acids is 1. The lowest BCUT2D eigenvalue weighted by molar-refractivity contribution is -0.148. The summed E-state index contributed by atoms with van der Waals surface area (Å²) < 4.78 is 5.14. The van der Waals surface area contributed by atoms with Crippen molar-refractivity contribution in [2.24, 2.45) is 5.41 Å². The predicted molar refractivity (Wildman–Crippen MR) is 73.3 cm³/mol. The molecule has 1 heterocycles. The quantitative estimate of drug-likeness (QED) is 0.705. The van der Waals surface area contributed by atoms with Gasteiger partial charge in [0.2, 0.25) is 0 Å². The molecule has 0 saturated carbocycles. The van der Waals surface area contributed by atoms with Gasteiger partial charge in [-0.25, -0.2) is 0 Å². The Labute approximate surface area is 109 Å². The van der Waals surface area contributed by atoms with Gasteiger partial charge in [-0.2, -0.15) is 0 Å². The summed E-state index contributed by atoms with van der Waals surface area (Å²) in [6.07, 6.45) is 2.56. The van der Waals surface area contributed by atoms with E-state index < -0.39 is 0 Å². The molecule has 2 rings (SSSR count). The molecular weight excluding hydrogens is 224 g/mol. The van der Waals surface area contributed by atoms with E-state index in [9.17, 15) is 4.79 Å². The van der Waals surface area contributed by atoms with Crippen molar-refractivity contribution in [2.75, 3.05) is 6.61 Å². The average molecular weight is 244 g/mol. The molecule has 0 unspecified atom stereocenters. The van der Waals surface area contributed by atoms with Crippen LogP contribution >= 0.6 is 0 Å². The van der Waals surface area contributed by atoms with E-state index in [0.29, 0.717) is 13.0 Å². The van der Waals surface area contributed by atoms with Gasteiger partial charge >= 0.3 is 5.97 Å². The van der Waals surface area contributed by atoms with E-state index in [4.69, 9.17) is 4.74 Å². The molecule has 0 aliphatic carbocycles. The van der Waals surface area contributed by atoms with Crippen LogP contribution in [-0.2, 0) is 9.53 Å². The van der Waals surface area contributed by atoms with Crippen LogP contribution in [0.4, 0.5) is 0 Å². The average Bonchev–Trinajstić information content (AvgIpc) is 2.29. The zero-order valence-electron chi connectivity index (χ0n) is 11.5. The monoisotopic (exact) mass is 244 g/mol. The van der Waals surface area contributed by atoms with Gasteiger partial charge in [0.1, 0.15) is 6.61 Å². The van der Waals surface area contributed by atoms with Crippen LogP contribution in [0.3, 0.4) is 0 Å². The van der Waals surface area contributed by atoms with Crippen molar-refractivity contribution in [3.63, 3.8) is 0 Å². The van der Waals surface area contributed by atoms with Crippen molar-refractivity contribution in [3.8, 4) is 0 Å². The van der Waals surface area contributed by atoms with Crippen molar-refractivity contribution >= 4 is 12.0 Å². The lowest BCUT2D eigenvalue weighted by Crippen LogP contribution is -2.31. The van der Waals surface area contributed by atoms with Crippen LogP contribution in [0.5, 0.6) is 0 Å². The normalized spacial score (nSPS) is 20.9. The lowest BCUT2D eigenvalue weighted by Gasteiger charge is -2.32. The Balaban J connectivity index is 2.41. The smallest absolute Gasteiger partial charge is 0.309 e. The number of ether oxygens (including phenoxy) is 1. The van der Waals surface area contributed by atoms with Gasteiger partial charge in [-0.3, -0.25) is 4.79 Å². The summed E-state index contributed by atoms with van der Waals surface area (Å²) in [5, 5.41) is 0. The third-order valence-electron chi connectivity index (χ3n) is 3.56. The van der Waals surface area contributed by atoms with Crippen LogP contribution in [0.15, 0.2) is 23.8 Å². The number of hydrogen-bond acceptors (Lipinski definition) is 2. The van der Waals surface area contributed by atoms with E-state index in [-0.39, 0.29) is 11.4 Å². The second-order valence-electron chi connectivity index (χ2n) is 5.75. The first-order valence-electron chi connectivity index (χ1n) is 6.32. The highest BCUT2D eigenvalue weighted by Gasteiger charge is 2.31.